The molecule has 1 N–H and O–H groups in total. The molecule has 2 aromatic carbocycles. The van der Waals surface area contributed by atoms with Crippen LogP contribution in [0.25, 0.3) is 0 Å². The van der Waals surface area contributed by atoms with E-state index in [-0.39, 0.29) is 16.8 Å². The monoisotopic (exact) mass is 423 g/mol. The first-order valence-electron chi connectivity index (χ1n) is 9.45. The molecule has 1 atom stereocenters. The van der Waals surface area contributed by atoms with Crippen molar-refractivity contribution < 1.29 is 17.6 Å². The number of nitrogens with one attached hydrogen (secondary N) is 1. The number of aryl methyl sites for hydroxylation is 1. The van der Waals surface area contributed by atoms with E-state index in [0.29, 0.717) is 29.1 Å². The molecule has 8 heteroatoms. The second-order valence-corrected chi connectivity index (χ2v) is 8.75. The van der Waals surface area contributed by atoms with Gasteiger partial charge in [-0.15, -0.1) is 0 Å². The fraction of sp³-hybridized carbons (Fsp3) is 0.182. The second kappa shape index (κ2) is 7.79. The Bertz CT molecular complexity index is 1220. The lowest BCUT2D eigenvalue weighted by molar-refractivity contribution is -0.130. The number of carbonyl (C=O) groups excluding carboxylic acids is 1. The maximum absolute atomic E-state index is 12.8. The molecule has 2 heterocycles. The molecule has 0 radical (unpaired) electrons. The maximum atomic E-state index is 12.8. The molecule has 30 heavy (non-hydrogen) atoms. The molecule has 4 rings (SSSR count). The van der Waals surface area contributed by atoms with Crippen LogP contribution < -0.4 is 4.72 Å². The molecule has 1 aromatic heterocycles. The maximum Gasteiger partial charge on any atom is 0.262 e. The van der Waals surface area contributed by atoms with Gasteiger partial charge < -0.3 is 4.42 Å². The average Bonchev–Trinajstić information content (AvgIpc) is 3.38. The molecule has 0 saturated heterocycles. The molecule has 1 aliphatic rings. The van der Waals surface area contributed by atoms with Gasteiger partial charge >= 0.3 is 0 Å². The normalized spacial score (nSPS) is 16.4. The predicted octanol–water partition coefficient (Wildman–Crippen LogP) is 4.09. The topological polar surface area (TPSA) is 92.0 Å². The second-order valence-electron chi connectivity index (χ2n) is 7.10. The third kappa shape index (κ3) is 3.86. The molecule has 0 fully saturated rings. The zero-order chi connectivity index (χ0) is 21.3. The first-order valence-corrected chi connectivity index (χ1v) is 10.9. The van der Waals surface area contributed by atoms with Crippen LogP contribution in [-0.2, 0) is 14.8 Å². The van der Waals surface area contributed by atoms with Gasteiger partial charge in [0.2, 0.25) is 5.91 Å². The summed E-state index contributed by atoms with van der Waals surface area (Å²) in [5.41, 5.74) is 2.51. The summed E-state index contributed by atoms with van der Waals surface area (Å²) in [5, 5.41) is 5.87. The van der Waals surface area contributed by atoms with Crippen LogP contribution in [0.15, 0.2) is 81.3 Å². The summed E-state index contributed by atoms with van der Waals surface area (Å²) >= 11 is 0. The number of hydrazone groups is 1. The highest BCUT2D eigenvalue weighted by atomic mass is 32.2. The van der Waals surface area contributed by atoms with Crippen molar-refractivity contribution in [1.82, 2.24) is 5.01 Å². The van der Waals surface area contributed by atoms with E-state index in [1.54, 1.807) is 61.7 Å². The van der Waals surface area contributed by atoms with E-state index in [1.165, 1.54) is 11.9 Å². The summed E-state index contributed by atoms with van der Waals surface area (Å²) in [6.07, 6.45) is 2.04. The van der Waals surface area contributed by atoms with Crippen LogP contribution in [-0.4, -0.2) is 25.0 Å². The number of rotatable bonds is 5. The molecule has 1 amide bonds. The van der Waals surface area contributed by atoms with E-state index in [0.717, 1.165) is 5.56 Å². The van der Waals surface area contributed by atoms with Crippen molar-refractivity contribution in [2.24, 2.45) is 5.10 Å². The SMILES string of the molecule is CC(=O)N1N=C(c2cccc(NS(=O)(=O)c3ccccc3C)c2)C[C@H]1c1ccco1. The van der Waals surface area contributed by atoms with Gasteiger partial charge in [-0.25, -0.2) is 13.4 Å². The molecule has 7 nitrogen and oxygen atoms in total. The van der Waals surface area contributed by atoms with Crippen molar-refractivity contribution in [3.05, 3.63) is 83.8 Å². The van der Waals surface area contributed by atoms with Gasteiger partial charge in [0.25, 0.3) is 10.0 Å². The highest BCUT2D eigenvalue weighted by Crippen LogP contribution is 2.33. The van der Waals surface area contributed by atoms with Crippen LogP contribution in [0.2, 0.25) is 0 Å². The van der Waals surface area contributed by atoms with Crippen LogP contribution in [0.4, 0.5) is 5.69 Å². The molecule has 0 saturated carbocycles. The van der Waals surface area contributed by atoms with Gasteiger partial charge in [0.05, 0.1) is 16.9 Å². The largest absolute Gasteiger partial charge is 0.467 e. The Morgan fingerprint density at radius 2 is 1.93 bits per heavy atom. The predicted molar refractivity (Wildman–Crippen MR) is 114 cm³/mol. The van der Waals surface area contributed by atoms with Crippen LogP contribution in [0.5, 0.6) is 0 Å². The lowest BCUT2D eigenvalue weighted by Gasteiger charge is -2.17. The van der Waals surface area contributed by atoms with Crippen molar-refractivity contribution in [3.63, 3.8) is 0 Å². The number of nitrogens with zero attached hydrogens (tertiary/aromatic N) is 2. The lowest BCUT2D eigenvalue weighted by atomic mass is 10.0. The lowest BCUT2D eigenvalue weighted by Crippen LogP contribution is -2.23. The standard InChI is InChI=1S/C22H21N3O4S/c1-15-7-3-4-11-22(15)30(27,28)24-18-9-5-8-17(13-18)19-14-20(21-10-6-12-29-21)25(23-19)16(2)26/h3-13,20,24H,14H2,1-2H3/t20-/m0/s1. The molecule has 0 bridgehead atoms. The minimum Gasteiger partial charge on any atom is -0.467 e. The number of carbonyl (C=O) groups is 1. The number of hydrogen-bond donors (Lipinski definition) is 1. The molecular formula is C22H21N3O4S. The van der Waals surface area contributed by atoms with Crippen LogP contribution in [0.3, 0.4) is 0 Å². The molecule has 3 aromatic rings. The van der Waals surface area contributed by atoms with Crippen molar-refractivity contribution >= 4 is 27.3 Å². The highest BCUT2D eigenvalue weighted by molar-refractivity contribution is 7.92. The highest BCUT2D eigenvalue weighted by Gasteiger charge is 2.33. The average molecular weight is 423 g/mol. The summed E-state index contributed by atoms with van der Waals surface area (Å²) in [5.74, 6) is 0.461. The number of sulfonamides is 1. The van der Waals surface area contributed by atoms with Crippen LogP contribution >= 0.6 is 0 Å². The third-order valence-corrected chi connectivity index (χ3v) is 6.48. The van der Waals surface area contributed by atoms with Gasteiger partial charge in [0.15, 0.2) is 0 Å². The summed E-state index contributed by atoms with van der Waals surface area (Å²) in [6, 6.07) is 17.1. The number of benzene rings is 2. The van der Waals surface area contributed by atoms with Gasteiger partial charge in [-0.05, 0) is 48.4 Å². The Hall–Kier alpha value is -3.39. The Morgan fingerprint density at radius 1 is 1.13 bits per heavy atom. The van der Waals surface area contributed by atoms with Crippen molar-refractivity contribution in [1.29, 1.82) is 0 Å². The molecule has 0 aliphatic carbocycles. The van der Waals surface area contributed by atoms with Gasteiger partial charge in [-0.2, -0.15) is 5.10 Å². The van der Waals surface area contributed by atoms with E-state index < -0.39 is 10.0 Å². The summed E-state index contributed by atoms with van der Waals surface area (Å²) < 4.78 is 33.7. The van der Waals surface area contributed by atoms with E-state index in [1.807, 2.05) is 12.1 Å². The first kappa shape index (κ1) is 19.9. The molecule has 0 spiro atoms. The molecule has 154 valence electrons. The molecule has 1 aliphatic heterocycles. The Morgan fingerprint density at radius 3 is 2.63 bits per heavy atom. The minimum atomic E-state index is -3.72. The Kier molecular flexibility index (Phi) is 5.17. The fourth-order valence-electron chi connectivity index (χ4n) is 3.51. The number of amides is 1. The number of hydrogen-bond acceptors (Lipinski definition) is 5. The number of anilines is 1. The first-order chi connectivity index (χ1) is 14.3. The van der Waals surface area contributed by atoms with E-state index >= 15 is 0 Å². The summed E-state index contributed by atoms with van der Waals surface area (Å²) in [4.78, 5) is 12.3. The fourth-order valence-corrected chi connectivity index (χ4v) is 4.80. The van der Waals surface area contributed by atoms with Crippen molar-refractivity contribution in [2.75, 3.05) is 4.72 Å². The van der Waals surface area contributed by atoms with Crippen molar-refractivity contribution in [3.8, 4) is 0 Å². The van der Waals surface area contributed by atoms with Crippen LogP contribution in [0, 0.1) is 6.92 Å². The molecular weight excluding hydrogens is 402 g/mol. The number of furan rings is 1. The minimum absolute atomic E-state index is 0.192. The van der Waals surface area contributed by atoms with E-state index in [9.17, 15) is 13.2 Å². The van der Waals surface area contributed by atoms with Gasteiger partial charge in [-0.1, -0.05) is 30.3 Å². The summed E-state index contributed by atoms with van der Waals surface area (Å²) in [6.45, 7) is 3.21. The smallest absolute Gasteiger partial charge is 0.262 e. The summed E-state index contributed by atoms with van der Waals surface area (Å²) in [7, 11) is -3.72. The van der Waals surface area contributed by atoms with E-state index in [2.05, 4.69) is 9.82 Å². The molecule has 0 unspecified atom stereocenters. The zero-order valence-electron chi connectivity index (χ0n) is 16.6. The third-order valence-electron chi connectivity index (χ3n) is 4.94. The van der Waals surface area contributed by atoms with E-state index in [4.69, 9.17) is 4.42 Å². The Balaban J connectivity index is 1.62. The van der Waals surface area contributed by atoms with Crippen LogP contribution in [0.1, 0.15) is 36.3 Å². The Labute approximate surface area is 175 Å². The zero-order valence-corrected chi connectivity index (χ0v) is 17.4. The van der Waals surface area contributed by atoms with Crippen molar-refractivity contribution in [2.45, 2.75) is 31.2 Å². The quantitative estimate of drug-likeness (QED) is 0.669. The van der Waals surface area contributed by atoms with Gasteiger partial charge in [0.1, 0.15) is 11.8 Å². The van der Waals surface area contributed by atoms with Gasteiger partial charge in [0, 0.05) is 19.0 Å². The van der Waals surface area contributed by atoms with Gasteiger partial charge in [-0.3, -0.25) is 9.52 Å².